The molecular formula is C30H29FN2O5S. The van der Waals surface area contributed by atoms with Crippen LogP contribution in [0, 0.1) is 5.82 Å². The van der Waals surface area contributed by atoms with Gasteiger partial charge in [0.05, 0.1) is 34.0 Å². The summed E-state index contributed by atoms with van der Waals surface area (Å²) in [7, 11) is 4.54. The first-order valence-electron chi connectivity index (χ1n) is 12.0. The van der Waals surface area contributed by atoms with Gasteiger partial charge in [0.2, 0.25) is 11.7 Å². The Morgan fingerprint density at radius 2 is 1.72 bits per heavy atom. The van der Waals surface area contributed by atoms with Crippen LogP contribution in [0.5, 0.6) is 17.2 Å². The molecule has 1 atom stereocenters. The molecule has 4 rings (SSSR count). The number of nitrogens with one attached hydrogen (secondary N) is 1. The van der Waals surface area contributed by atoms with Crippen molar-refractivity contribution in [2.75, 3.05) is 27.6 Å². The Morgan fingerprint density at radius 3 is 2.36 bits per heavy atom. The fraction of sp³-hybridized carbons (Fsp3) is 0.200. The van der Waals surface area contributed by atoms with Crippen LogP contribution >= 0.6 is 0 Å². The van der Waals surface area contributed by atoms with Gasteiger partial charge >= 0.3 is 0 Å². The quantitative estimate of drug-likeness (QED) is 0.218. The van der Waals surface area contributed by atoms with Gasteiger partial charge in [-0.05, 0) is 106 Å². The number of allylic oxidation sites excluding steroid dienone is 2. The van der Waals surface area contributed by atoms with E-state index in [1.807, 2.05) is 37.3 Å². The molecule has 39 heavy (non-hydrogen) atoms. The Bertz CT molecular complexity index is 1480. The summed E-state index contributed by atoms with van der Waals surface area (Å²) in [5.74, 6) is 0.602. The van der Waals surface area contributed by atoms with Crippen LogP contribution < -0.4 is 19.6 Å². The molecule has 0 saturated heterocycles. The maximum Gasteiger partial charge on any atom is 0.244 e. The fourth-order valence-electron chi connectivity index (χ4n) is 4.50. The maximum atomic E-state index is 14.2. The van der Waals surface area contributed by atoms with E-state index in [1.165, 1.54) is 39.7 Å². The number of benzene rings is 3. The molecule has 3 aromatic rings. The summed E-state index contributed by atoms with van der Waals surface area (Å²) in [5, 5.41) is 4.09. The lowest BCUT2D eigenvalue weighted by atomic mass is 10.0. The number of hydrogen-bond donors (Lipinski definition) is 1. The summed E-state index contributed by atoms with van der Waals surface area (Å²) in [6, 6.07) is 15.5. The molecule has 1 N–H and O–H groups in total. The molecule has 0 heterocycles. The number of methoxy groups -OCH3 is 3. The third-order valence-corrected chi connectivity index (χ3v) is 7.38. The van der Waals surface area contributed by atoms with E-state index in [-0.39, 0.29) is 18.1 Å². The molecule has 202 valence electrons. The van der Waals surface area contributed by atoms with Crippen molar-refractivity contribution in [1.29, 1.82) is 0 Å². The molecule has 1 aliphatic carbocycles. The zero-order valence-corrected chi connectivity index (χ0v) is 23.1. The molecule has 0 radical (unpaired) electrons. The molecule has 0 aliphatic heterocycles. The van der Waals surface area contributed by atoms with E-state index in [4.69, 9.17) is 14.2 Å². The normalized spacial score (nSPS) is 14.5. The number of carbonyl (C=O) groups is 1. The standard InChI is InChI=1S/C30H29FN2O5S/c1-18-24(14-19-6-10-22(11-7-19)39(5)35)23-12-9-21(31)15-26(23)25(18)16-28(34)33-32-17-20-8-13-27(36-2)30(38-4)29(20)37-3/h6-15,17H,16H2,1-5H3,(H,33,34)/b24-14-,32-17+. The minimum atomic E-state index is -1.07. The fourth-order valence-corrected chi connectivity index (χ4v) is 5.02. The Balaban J connectivity index is 1.58. The predicted octanol–water partition coefficient (Wildman–Crippen LogP) is 5.46. The first-order chi connectivity index (χ1) is 18.8. The van der Waals surface area contributed by atoms with Gasteiger partial charge in [0, 0.05) is 5.56 Å². The van der Waals surface area contributed by atoms with Gasteiger partial charge in [-0.2, -0.15) is 5.10 Å². The molecule has 3 aromatic carbocycles. The number of amides is 1. The van der Waals surface area contributed by atoms with Crippen molar-refractivity contribution in [3.63, 3.8) is 0 Å². The molecule has 0 aromatic heterocycles. The average molecular weight is 549 g/mol. The van der Waals surface area contributed by atoms with Crippen LogP contribution in [0.15, 0.2) is 70.2 Å². The molecule has 0 saturated carbocycles. The highest BCUT2D eigenvalue weighted by Gasteiger charge is 2.26. The molecule has 0 fully saturated rings. The maximum absolute atomic E-state index is 14.2. The van der Waals surface area contributed by atoms with Crippen LogP contribution in [0.2, 0.25) is 0 Å². The zero-order chi connectivity index (χ0) is 28.1. The summed E-state index contributed by atoms with van der Waals surface area (Å²) >= 11 is -1.07. The van der Waals surface area contributed by atoms with E-state index in [2.05, 4.69) is 10.5 Å². The molecule has 1 amide bonds. The van der Waals surface area contributed by atoms with Crippen LogP contribution in [0.4, 0.5) is 4.39 Å². The van der Waals surface area contributed by atoms with Gasteiger partial charge in [-0.3, -0.25) is 4.79 Å². The highest BCUT2D eigenvalue weighted by molar-refractivity contribution is 7.90. The highest BCUT2D eigenvalue weighted by Crippen LogP contribution is 2.44. The second-order valence-corrected chi connectivity index (χ2v) is 10.1. The largest absolute Gasteiger partial charge is 0.612 e. The Labute approximate surface area is 230 Å². The van der Waals surface area contributed by atoms with Gasteiger partial charge in [0.1, 0.15) is 12.1 Å². The summed E-state index contributed by atoms with van der Waals surface area (Å²) in [5.41, 5.74) is 8.06. The van der Waals surface area contributed by atoms with Crippen molar-refractivity contribution in [1.82, 2.24) is 5.43 Å². The minimum Gasteiger partial charge on any atom is -0.612 e. The van der Waals surface area contributed by atoms with E-state index in [0.29, 0.717) is 28.4 Å². The van der Waals surface area contributed by atoms with Crippen molar-refractivity contribution in [3.8, 4) is 17.2 Å². The van der Waals surface area contributed by atoms with E-state index >= 15 is 0 Å². The molecule has 1 unspecified atom stereocenters. The second kappa shape index (κ2) is 12.2. The van der Waals surface area contributed by atoms with Crippen molar-refractivity contribution >= 4 is 40.5 Å². The lowest BCUT2D eigenvalue weighted by Gasteiger charge is -2.13. The molecule has 9 heteroatoms. The van der Waals surface area contributed by atoms with Crippen molar-refractivity contribution < 1.29 is 27.9 Å². The number of halogens is 1. The first kappa shape index (κ1) is 27.9. The highest BCUT2D eigenvalue weighted by atomic mass is 32.2. The van der Waals surface area contributed by atoms with Crippen molar-refractivity contribution in [2.45, 2.75) is 18.2 Å². The van der Waals surface area contributed by atoms with Crippen LogP contribution in [0.1, 0.15) is 35.6 Å². The number of rotatable bonds is 9. The third kappa shape index (κ3) is 6.00. The van der Waals surface area contributed by atoms with Crippen LogP contribution in [0.25, 0.3) is 17.2 Å². The summed E-state index contributed by atoms with van der Waals surface area (Å²) in [4.78, 5) is 13.6. The number of nitrogens with zero attached hydrogens (tertiary/aromatic N) is 1. The number of carbonyl (C=O) groups excluding carboxylic acids is 1. The molecule has 0 bridgehead atoms. The Morgan fingerprint density at radius 1 is 1.00 bits per heavy atom. The molecule has 1 aliphatic rings. The summed E-state index contributed by atoms with van der Waals surface area (Å²) < 4.78 is 42.1. The topological polar surface area (TPSA) is 92.2 Å². The van der Waals surface area contributed by atoms with Gasteiger partial charge in [0.15, 0.2) is 16.4 Å². The smallest absolute Gasteiger partial charge is 0.244 e. The minimum absolute atomic E-state index is 0.00773. The lowest BCUT2D eigenvalue weighted by Crippen LogP contribution is -2.17. The molecule has 0 spiro atoms. The predicted molar refractivity (Wildman–Crippen MR) is 152 cm³/mol. The monoisotopic (exact) mass is 548 g/mol. The number of hydrazone groups is 1. The molecule has 7 nitrogen and oxygen atoms in total. The Kier molecular flexibility index (Phi) is 8.73. The molecular weight excluding hydrogens is 519 g/mol. The van der Waals surface area contributed by atoms with Crippen LogP contribution in [-0.4, -0.2) is 44.3 Å². The zero-order valence-electron chi connectivity index (χ0n) is 22.3. The number of fused-ring (bicyclic) bond motifs is 1. The van der Waals surface area contributed by atoms with Gasteiger partial charge in [0.25, 0.3) is 0 Å². The number of hydrogen-bond acceptors (Lipinski definition) is 6. The van der Waals surface area contributed by atoms with E-state index in [0.717, 1.165) is 32.7 Å². The van der Waals surface area contributed by atoms with Crippen LogP contribution in [-0.2, 0) is 16.0 Å². The summed E-state index contributed by atoms with van der Waals surface area (Å²) in [6.45, 7) is 1.92. The lowest BCUT2D eigenvalue weighted by molar-refractivity contribution is -0.120. The Hall–Kier alpha value is -4.08. The van der Waals surface area contributed by atoms with E-state index in [9.17, 15) is 13.7 Å². The van der Waals surface area contributed by atoms with Crippen molar-refractivity contribution in [2.24, 2.45) is 5.10 Å². The summed E-state index contributed by atoms with van der Waals surface area (Å²) in [6.07, 6.45) is 5.09. The van der Waals surface area contributed by atoms with Gasteiger partial charge in [-0.15, -0.1) is 0 Å². The second-order valence-electron chi connectivity index (χ2n) is 8.77. The van der Waals surface area contributed by atoms with Gasteiger partial charge in [-0.25, -0.2) is 9.82 Å². The first-order valence-corrected chi connectivity index (χ1v) is 13.6. The van der Waals surface area contributed by atoms with Crippen LogP contribution in [0.3, 0.4) is 0 Å². The number of ether oxygens (including phenoxy) is 3. The van der Waals surface area contributed by atoms with Crippen molar-refractivity contribution in [3.05, 3.63) is 88.2 Å². The van der Waals surface area contributed by atoms with Gasteiger partial charge < -0.3 is 18.8 Å². The SMILES string of the molecule is COc1ccc(/C=N/NC(=O)CC2=C(C)/C(=C/c3ccc([S+](C)[O-])cc3)c3ccc(F)cc32)c(OC)c1OC. The van der Waals surface area contributed by atoms with E-state index in [1.54, 1.807) is 24.5 Å². The van der Waals surface area contributed by atoms with E-state index < -0.39 is 11.2 Å². The average Bonchev–Trinajstić information content (AvgIpc) is 3.17. The van der Waals surface area contributed by atoms with Gasteiger partial charge in [-0.1, -0.05) is 6.07 Å². The third-order valence-electron chi connectivity index (χ3n) is 6.44.